The van der Waals surface area contributed by atoms with Gasteiger partial charge in [-0.15, -0.1) is 0 Å². The van der Waals surface area contributed by atoms with Crippen molar-refractivity contribution >= 4 is 5.91 Å². The number of hydrogen-bond donors (Lipinski definition) is 0. The Hall–Kier alpha value is -3.12. The zero-order valence-corrected chi connectivity index (χ0v) is 19.5. The molecule has 1 aliphatic heterocycles. The van der Waals surface area contributed by atoms with Crippen molar-refractivity contribution in [3.8, 4) is 11.4 Å². The van der Waals surface area contributed by atoms with Gasteiger partial charge in [0.2, 0.25) is 0 Å². The van der Waals surface area contributed by atoms with E-state index in [0.717, 1.165) is 44.0 Å². The van der Waals surface area contributed by atoms with Gasteiger partial charge in [-0.2, -0.15) is 5.10 Å². The molecule has 172 valence electrons. The van der Waals surface area contributed by atoms with E-state index in [2.05, 4.69) is 40.8 Å². The summed E-state index contributed by atoms with van der Waals surface area (Å²) in [4.78, 5) is 18.1. The second-order valence-electron chi connectivity index (χ2n) is 9.07. The molecule has 0 radical (unpaired) electrons. The molecule has 2 heterocycles. The molecule has 5 rings (SSSR count). The lowest BCUT2D eigenvalue weighted by Crippen LogP contribution is -2.34. The number of hydrogen-bond acceptors (Lipinski definition) is 4. The number of methoxy groups -OCH3 is 1. The Morgan fingerprint density at radius 2 is 1.88 bits per heavy atom. The van der Waals surface area contributed by atoms with Crippen LogP contribution < -0.4 is 4.74 Å². The number of amides is 1. The monoisotopic (exact) mass is 444 g/mol. The highest BCUT2D eigenvalue weighted by atomic mass is 16.5. The predicted molar refractivity (Wildman–Crippen MR) is 129 cm³/mol. The molecule has 1 saturated carbocycles. The smallest absolute Gasteiger partial charge is 0.257 e. The minimum atomic E-state index is 0.0190. The molecule has 1 fully saturated rings. The molecule has 6 heteroatoms. The van der Waals surface area contributed by atoms with Gasteiger partial charge in [0.15, 0.2) is 0 Å². The van der Waals surface area contributed by atoms with E-state index in [1.165, 1.54) is 24.1 Å². The van der Waals surface area contributed by atoms with Crippen molar-refractivity contribution in [2.45, 2.75) is 39.3 Å². The van der Waals surface area contributed by atoms with Crippen molar-refractivity contribution in [2.75, 3.05) is 26.7 Å². The summed E-state index contributed by atoms with van der Waals surface area (Å²) in [6.07, 6.45) is 3.35. The second kappa shape index (κ2) is 9.40. The Balaban J connectivity index is 1.51. The highest BCUT2D eigenvalue weighted by Crippen LogP contribution is 2.33. The Morgan fingerprint density at radius 3 is 2.61 bits per heavy atom. The van der Waals surface area contributed by atoms with Crippen LogP contribution in [0.25, 0.3) is 5.69 Å². The van der Waals surface area contributed by atoms with Gasteiger partial charge in [0.1, 0.15) is 5.75 Å². The molecule has 33 heavy (non-hydrogen) atoms. The van der Waals surface area contributed by atoms with Gasteiger partial charge in [-0.05, 0) is 49.6 Å². The van der Waals surface area contributed by atoms with E-state index >= 15 is 0 Å². The lowest BCUT2D eigenvalue weighted by atomic mass is 10.0. The largest absolute Gasteiger partial charge is 0.496 e. The molecule has 0 atom stereocenters. The van der Waals surface area contributed by atoms with Gasteiger partial charge in [-0.3, -0.25) is 9.69 Å². The van der Waals surface area contributed by atoms with Crippen molar-refractivity contribution in [3.63, 3.8) is 0 Å². The lowest BCUT2D eigenvalue weighted by Gasteiger charge is -2.27. The number of fused-ring (bicyclic) bond motifs is 1. The van der Waals surface area contributed by atoms with Crippen molar-refractivity contribution in [1.82, 2.24) is 19.6 Å². The number of carbonyl (C=O) groups is 1. The van der Waals surface area contributed by atoms with Crippen molar-refractivity contribution in [1.29, 1.82) is 0 Å². The number of ether oxygens (including phenoxy) is 1. The molecule has 6 nitrogen and oxygen atoms in total. The summed E-state index contributed by atoms with van der Waals surface area (Å²) in [5.41, 5.74) is 5.26. The molecule has 1 amide bonds. The fraction of sp³-hybridized carbons (Fsp3) is 0.407. The molecule has 0 N–H and O–H groups in total. The molecule has 0 bridgehead atoms. The lowest BCUT2D eigenvalue weighted by molar-refractivity contribution is 0.0728. The first-order valence-corrected chi connectivity index (χ1v) is 12.0. The minimum absolute atomic E-state index is 0.0190. The van der Waals surface area contributed by atoms with Crippen LogP contribution in [0.5, 0.6) is 5.75 Å². The van der Waals surface area contributed by atoms with Crippen LogP contribution in [0.4, 0.5) is 0 Å². The normalized spacial score (nSPS) is 15.8. The summed E-state index contributed by atoms with van der Waals surface area (Å²) in [5.74, 6) is 1.23. The van der Waals surface area contributed by atoms with Crippen LogP contribution in [0.15, 0.2) is 54.6 Å². The molecular formula is C27H32N4O2. The van der Waals surface area contributed by atoms with Crippen LogP contribution >= 0.6 is 0 Å². The molecular weight excluding hydrogens is 412 g/mol. The van der Waals surface area contributed by atoms with E-state index in [1.807, 2.05) is 35.2 Å². The van der Waals surface area contributed by atoms with E-state index in [0.29, 0.717) is 23.8 Å². The maximum atomic E-state index is 13.7. The third-order valence-electron chi connectivity index (χ3n) is 6.81. The average Bonchev–Trinajstić information content (AvgIpc) is 3.63. The van der Waals surface area contributed by atoms with Crippen LogP contribution in [0.3, 0.4) is 0 Å². The van der Waals surface area contributed by atoms with Gasteiger partial charge in [-0.1, -0.05) is 37.3 Å². The third kappa shape index (κ3) is 4.53. The number of rotatable bonds is 8. The molecule has 1 aromatic heterocycles. The average molecular weight is 445 g/mol. The van der Waals surface area contributed by atoms with Crippen molar-refractivity contribution in [3.05, 3.63) is 77.1 Å². The SMILES string of the molecule is CCN1CCc2c(c(CN(CC3CC3)C(=O)c3ccccc3OC)nn2-c2ccccc2)C1. The molecule has 2 aliphatic rings. The van der Waals surface area contributed by atoms with Gasteiger partial charge in [0.05, 0.1) is 36.3 Å². The van der Waals surface area contributed by atoms with Crippen molar-refractivity contribution < 1.29 is 9.53 Å². The Bertz CT molecular complexity index is 1120. The van der Waals surface area contributed by atoms with Gasteiger partial charge in [-0.25, -0.2) is 4.68 Å². The van der Waals surface area contributed by atoms with E-state index < -0.39 is 0 Å². The number of carbonyl (C=O) groups excluding carboxylic acids is 1. The molecule has 1 aliphatic carbocycles. The summed E-state index contributed by atoms with van der Waals surface area (Å²) in [7, 11) is 1.62. The van der Waals surface area contributed by atoms with E-state index in [1.54, 1.807) is 7.11 Å². The van der Waals surface area contributed by atoms with E-state index in [4.69, 9.17) is 9.84 Å². The molecule has 0 unspecified atom stereocenters. The maximum Gasteiger partial charge on any atom is 0.257 e. The maximum absolute atomic E-state index is 13.7. The third-order valence-corrected chi connectivity index (χ3v) is 6.81. The highest BCUT2D eigenvalue weighted by molar-refractivity contribution is 5.97. The topological polar surface area (TPSA) is 50.6 Å². The Kier molecular flexibility index (Phi) is 6.18. The zero-order chi connectivity index (χ0) is 22.8. The van der Waals surface area contributed by atoms with Gasteiger partial charge in [0.25, 0.3) is 5.91 Å². The number of aromatic nitrogens is 2. The predicted octanol–water partition coefficient (Wildman–Crippen LogP) is 4.31. The fourth-order valence-corrected chi connectivity index (χ4v) is 4.73. The number of para-hydroxylation sites is 2. The summed E-state index contributed by atoms with van der Waals surface area (Å²) in [5, 5.41) is 5.08. The first-order valence-electron chi connectivity index (χ1n) is 12.0. The van der Waals surface area contributed by atoms with E-state index in [-0.39, 0.29) is 5.91 Å². The first kappa shape index (κ1) is 21.7. The standard InChI is InChI=1S/C27H32N4O2/c1-3-29-16-15-25-23(18-29)24(28-31(25)21-9-5-4-6-10-21)19-30(17-20-13-14-20)27(32)22-11-7-8-12-26(22)33-2/h4-12,20H,3,13-19H2,1-2H3. The summed E-state index contributed by atoms with van der Waals surface area (Å²) in [6.45, 7) is 6.42. The highest BCUT2D eigenvalue weighted by Gasteiger charge is 2.31. The number of nitrogens with zero attached hydrogens (tertiary/aromatic N) is 4. The molecule has 2 aromatic carbocycles. The summed E-state index contributed by atoms with van der Waals surface area (Å²) < 4.78 is 7.59. The van der Waals surface area contributed by atoms with Gasteiger partial charge >= 0.3 is 0 Å². The molecule has 3 aromatic rings. The van der Waals surface area contributed by atoms with E-state index in [9.17, 15) is 4.79 Å². The summed E-state index contributed by atoms with van der Waals surface area (Å²) >= 11 is 0. The molecule has 0 saturated heterocycles. The summed E-state index contributed by atoms with van der Waals surface area (Å²) in [6, 6.07) is 17.8. The fourth-order valence-electron chi connectivity index (χ4n) is 4.73. The van der Waals surface area contributed by atoms with Crippen LogP contribution in [0.2, 0.25) is 0 Å². The Labute approximate surface area is 195 Å². The van der Waals surface area contributed by atoms with Crippen LogP contribution in [0, 0.1) is 5.92 Å². The zero-order valence-electron chi connectivity index (χ0n) is 19.5. The first-order chi connectivity index (χ1) is 16.2. The van der Waals surface area contributed by atoms with Gasteiger partial charge in [0, 0.05) is 31.6 Å². The Morgan fingerprint density at radius 1 is 1.12 bits per heavy atom. The molecule has 0 spiro atoms. The van der Waals surface area contributed by atoms with Crippen LogP contribution in [0.1, 0.15) is 47.1 Å². The number of benzene rings is 2. The van der Waals surface area contributed by atoms with Gasteiger partial charge < -0.3 is 9.64 Å². The van der Waals surface area contributed by atoms with Crippen LogP contribution in [-0.2, 0) is 19.5 Å². The minimum Gasteiger partial charge on any atom is -0.496 e. The van der Waals surface area contributed by atoms with Crippen LogP contribution in [-0.4, -0.2) is 52.2 Å². The second-order valence-corrected chi connectivity index (χ2v) is 9.07. The number of likely N-dealkylation sites (N-methyl/N-ethyl adjacent to an activating group) is 1. The quantitative estimate of drug-likeness (QED) is 0.520. The van der Waals surface area contributed by atoms with Crippen molar-refractivity contribution in [2.24, 2.45) is 5.92 Å².